The van der Waals surface area contributed by atoms with Crippen molar-refractivity contribution in [3.8, 4) is 0 Å². The molecular weight excluding hydrogens is 200 g/mol. The molecule has 0 saturated heterocycles. The smallest absolute Gasteiger partial charge is 0.0894 e. The van der Waals surface area contributed by atoms with Crippen molar-refractivity contribution in [3.63, 3.8) is 0 Å². The first-order chi connectivity index (χ1) is 7.45. The second-order valence-corrected chi connectivity index (χ2v) is 4.41. The Balaban J connectivity index is 3.69. The van der Waals surface area contributed by atoms with E-state index in [-0.39, 0.29) is 0 Å². The zero-order valence-electron chi connectivity index (χ0n) is 11.1. The van der Waals surface area contributed by atoms with Crippen molar-refractivity contribution in [1.82, 2.24) is 10.2 Å². The van der Waals surface area contributed by atoms with Gasteiger partial charge in [0, 0.05) is 12.6 Å². The molecule has 0 aromatic heterocycles. The zero-order valence-corrected chi connectivity index (χ0v) is 11.1. The second kappa shape index (κ2) is 8.36. The number of hydrogen-bond donors (Lipinski definition) is 2. The Labute approximate surface area is 99.8 Å². The number of aliphatic hydroxyl groups is 1. The maximum atomic E-state index is 9.06. The van der Waals surface area contributed by atoms with E-state index < -0.39 is 0 Å². The fraction of sp³-hybridized carbons (Fsp3) is 0.692. The molecule has 0 heterocycles. The highest BCUT2D eigenvalue weighted by atomic mass is 16.3. The van der Waals surface area contributed by atoms with Gasteiger partial charge in [0.15, 0.2) is 0 Å². The van der Waals surface area contributed by atoms with Gasteiger partial charge in [0.05, 0.1) is 5.76 Å². The maximum Gasteiger partial charge on any atom is 0.0894 e. The molecule has 0 radical (unpaired) electrons. The highest BCUT2D eigenvalue weighted by Crippen LogP contribution is 1.98. The molecule has 0 saturated carbocycles. The molecule has 3 heteroatoms. The van der Waals surface area contributed by atoms with Crippen LogP contribution in [-0.2, 0) is 0 Å². The summed E-state index contributed by atoms with van der Waals surface area (Å²) in [6.07, 6.45) is 2.82. The monoisotopic (exact) mass is 226 g/mol. The Morgan fingerprint density at radius 1 is 1.56 bits per heavy atom. The van der Waals surface area contributed by atoms with Crippen LogP contribution in [0.3, 0.4) is 0 Å². The van der Waals surface area contributed by atoms with E-state index in [0.717, 1.165) is 31.6 Å². The molecular formula is C13H26N2O. The maximum absolute atomic E-state index is 9.06. The van der Waals surface area contributed by atoms with Gasteiger partial charge in [-0.1, -0.05) is 13.5 Å². The summed E-state index contributed by atoms with van der Waals surface area (Å²) in [5.74, 6) is 0.310. The minimum Gasteiger partial charge on any atom is -0.513 e. The number of aliphatic hydroxyl groups excluding tert-OH is 1. The molecule has 0 amide bonds. The van der Waals surface area contributed by atoms with E-state index in [2.05, 4.69) is 37.7 Å². The van der Waals surface area contributed by atoms with E-state index in [1.54, 1.807) is 13.0 Å². The first-order valence-electron chi connectivity index (χ1n) is 5.92. The van der Waals surface area contributed by atoms with Gasteiger partial charge in [-0.25, -0.2) is 0 Å². The van der Waals surface area contributed by atoms with Crippen molar-refractivity contribution in [1.29, 1.82) is 0 Å². The Morgan fingerprint density at radius 2 is 2.19 bits per heavy atom. The first-order valence-corrected chi connectivity index (χ1v) is 5.92. The largest absolute Gasteiger partial charge is 0.513 e. The molecule has 1 atom stereocenters. The van der Waals surface area contributed by atoms with Crippen molar-refractivity contribution in [2.24, 2.45) is 0 Å². The molecule has 0 aromatic rings. The lowest BCUT2D eigenvalue weighted by molar-refractivity contribution is 0.327. The van der Waals surface area contributed by atoms with E-state index >= 15 is 0 Å². The van der Waals surface area contributed by atoms with Gasteiger partial charge in [-0.2, -0.15) is 0 Å². The van der Waals surface area contributed by atoms with E-state index in [1.165, 1.54) is 0 Å². The van der Waals surface area contributed by atoms with Crippen LogP contribution in [0.15, 0.2) is 24.0 Å². The molecule has 16 heavy (non-hydrogen) atoms. The van der Waals surface area contributed by atoms with Crippen LogP contribution in [0.25, 0.3) is 0 Å². The summed E-state index contributed by atoms with van der Waals surface area (Å²) in [6, 6.07) is 0.471. The average Bonchev–Trinajstić information content (AvgIpc) is 2.22. The van der Waals surface area contributed by atoms with Crippen LogP contribution >= 0.6 is 0 Å². The van der Waals surface area contributed by atoms with Gasteiger partial charge in [0.1, 0.15) is 0 Å². The minimum absolute atomic E-state index is 0.310. The zero-order chi connectivity index (χ0) is 12.6. The van der Waals surface area contributed by atoms with Gasteiger partial charge < -0.3 is 15.3 Å². The number of nitrogens with zero attached hydrogens (tertiary/aromatic N) is 1. The molecule has 0 aromatic carbocycles. The van der Waals surface area contributed by atoms with Crippen LogP contribution in [0.2, 0.25) is 0 Å². The molecule has 94 valence electrons. The molecule has 2 N–H and O–H groups in total. The van der Waals surface area contributed by atoms with E-state index in [4.69, 9.17) is 5.11 Å². The van der Waals surface area contributed by atoms with Crippen molar-refractivity contribution < 1.29 is 5.11 Å². The summed E-state index contributed by atoms with van der Waals surface area (Å²) in [5.41, 5.74) is 0.913. The molecule has 0 aliphatic heterocycles. The van der Waals surface area contributed by atoms with E-state index in [9.17, 15) is 0 Å². The lowest BCUT2D eigenvalue weighted by Gasteiger charge is -2.18. The van der Waals surface area contributed by atoms with Crippen LogP contribution < -0.4 is 5.32 Å². The van der Waals surface area contributed by atoms with E-state index in [1.807, 2.05) is 0 Å². The van der Waals surface area contributed by atoms with Gasteiger partial charge >= 0.3 is 0 Å². The lowest BCUT2D eigenvalue weighted by Crippen LogP contribution is -2.31. The Hall–Kier alpha value is -0.800. The summed E-state index contributed by atoms with van der Waals surface area (Å²) >= 11 is 0. The fourth-order valence-electron chi connectivity index (χ4n) is 1.33. The normalized spacial score (nSPS) is 14.2. The summed E-state index contributed by atoms with van der Waals surface area (Å²) in [5, 5.41) is 12.4. The van der Waals surface area contributed by atoms with Crippen LogP contribution in [0.5, 0.6) is 0 Å². The van der Waals surface area contributed by atoms with E-state index in [0.29, 0.717) is 11.8 Å². The first kappa shape index (κ1) is 15.2. The molecule has 0 aliphatic carbocycles. The van der Waals surface area contributed by atoms with Crippen LogP contribution in [0.1, 0.15) is 27.2 Å². The second-order valence-electron chi connectivity index (χ2n) is 4.41. The van der Waals surface area contributed by atoms with Crippen molar-refractivity contribution in [2.75, 3.05) is 26.7 Å². The van der Waals surface area contributed by atoms with Crippen molar-refractivity contribution in [2.45, 2.75) is 33.2 Å². The number of rotatable bonds is 8. The SMILES string of the molecule is C=C(/C=C(\C)O)CNC(C)CCN(C)CC. The molecule has 0 spiro atoms. The van der Waals surface area contributed by atoms with Gasteiger partial charge in [0.2, 0.25) is 0 Å². The molecule has 0 aliphatic rings. The van der Waals surface area contributed by atoms with Crippen LogP contribution in [0, 0.1) is 0 Å². The quantitative estimate of drug-likeness (QED) is 0.492. The van der Waals surface area contributed by atoms with Crippen LogP contribution in [0.4, 0.5) is 0 Å². The third-order valence-electron chi connectivity index (χ3n) is 2.57. The third-order valence-corrected chi connectivity index (χ3v) is 2.57. The van der Waals surface area contributed by atoms with Gasteiger partial charge in [-0.05, 0) is 52.1 Å². The summed E-state index contributed by atoms with van der Waals surface area (Å²) in [6.45, 7) is 12.8. The number of nitrogens with one attached hydrogen (secondary N) is 1. The third kappa shape index (κ3) is 8.50. The molecule has 0 bridgehead atoms. The highest BCUT2D eigenvalue weighted by Gasteiger charge is 2.03. The van der Waals surface area contributed by atoms with Gasteiger partial charge in [-0.3, -0.25) is 0 Å². The fourth-order valence-corrected chi connectivity index (χ4v) is 1.33. The lowest BCUT2D eigenvalue weighted by atomic mass is 10.2. The standard InChI is InChI=1S/C13H26N2O/c1-6-15(5)8-7-12(3)14-10-11(2)9-13(4)16/h9,12,14,16H,2,6-8,10H2,1,3-5H3/b13-9+. The Kier molecular flexibility index (Phi) is 7.95. The highest BCUT2D eigenvalue weighted by molar-refractivity contribution is 5.17. The summed E-state index contributed by atoms with van der Waals surface area (Å²) in [7, 11) is 2.13. The Bertz CT molecular complexity index is 232. The van der Waals surface area contributed by atoms with Crippen molar-refractivity contribution >= 4 is 0 Å². The van der Waals surface area contributed by atoms with Crippen molar-refractivity contribution in [3.05, 3.63) is 24.0 Å². The number of hydrogen-bond acceptors (Lipinski definition) is 3. The predicted octanol–water partition coefficient (Wildman–Crippen LogP) is 2.32. The molecule has 3 nitrogen and oxygen atoms in total. The molecule has 0 fully saturated rings. The van der Waals surface area contributed by atoms with Gasteiger partial charge in [-0.15, -0.1) is 0 Å². The van der Waals surface area contributed by atoms with Gasteiger partial charge in [0.25, 0.3) is 0 Å². The van der Waals surface area contributed by atoms with Crippen LogP contribution in [-0.4, -0.2) is 42.7 Å². The minimum atomic E-state index is 0.310. The average molecular weight is 226 g/mol. The summed E-state index contributed by atoms with van der Waals surface area (Å²) in [4.78, 5) is 2.30. The topological polar surface area (TPSA) is 35.5 Å². The number of allylic oxidation sites excluding steroid dienone is 1. The molecule has 1 unspecified atom stereocenters. The predicted molar refractivity (Wildman–Crippen MR) is 70.8 cm³/mol. The molecule has 0 rings (SSSR count). The summed E-state index contributed by atoms with van der Waals surface area (Å²) < 4.78 is 0. The Morgan fingerprint density at radius 3 is 2.69 bits per heavy atom.